The van der Waals surface area contributed by atoms with E-state index in [2.05, 4.69) is 5.32 Å². The van der Waals surface area contributed by atoms with E-state index in [4.69, 9.17) is 16.3 Å². The van der Waals surface area contributed by atoms with Crippen LogP contribution < -0.4 is 5.32 Å². The van der Waals surface area contributed by atoms with Crippen molar-refractivity contribution < 1.29 is 18.7 Å². The number of benzene rings is 1. The van der Waals surface area contributed by atoms with Crippen LogP contribution in [-0.2, 0) is 4.74 Å². The molecule has 3 amide bonds. The lowest BCUT2D eigenvalue weighted by Gasteiger charge is -2.34. The van der Waals surface area contributed by atoms with Crippen molar-refractivity contribution in [3.8, 4) is 0 Å². The third-order valence-corrected chi connectivity index (χ3v) is 3.50. The van der Waals surface area contributed by atoms with Crippen LogP contribution in [0.3, 0.4) is 0 Å². The summed E-state index contributed by atoms with van der Waals surface area (Å²) in [6.45, 7) is 3.52. The summed E-state index contributed by atoms with van der Waals surface area (Å²) < 4.78 is 18.5. The fraction of sp³-hybridized carbons (Fsp3) is 0.429. The van der Waals surface area contributed by atoms with Crippen LogP contribution in [0.5, 0.6) is 0 Å². The lowest BCUT2D eigenvalue weighted by molar-refractivity contribution is 0.0868. The Morgan fingerprint density at radius 3 is 2.55 bits per heavy atom. The Hall–Kier alpha value is -2.02. The highest BCUT2D eigenvalue weighted by Gasteiger charge is 2.25. The van der Waals surface area contributed by atoms with Crippen molar-refractivity contribution in [1.29, 1.82) is 0 Å². The normalized spacial score (nSPS) is 14.7. The topological polar surface area (TPSA) is 61.9 Å². The number of urea groups is 1. The Labute approximate surface area is 132 Å². The van der Waals surface area contributed by atoms with E-state index >= 15 is 0 Å². The molecule has 1 aliphatic heterocycles. The fourth-order valence-corrected chi connectivity index (χ4v) is 2.27. The minimum Gasteiger partial charge on any atom is -0.450 e. The summed E-state index contributed by atoms with van der Waals surface area (Å²) in [6.07, 6.45) is -0.386. The molecular weight excluding hydrogens is 313 g/mol. The number of halogens is 2. The average molecular weight is 330 g/mol. The van der Waals surface area contributed by atoms with Crippen LogP contribution in [0.2, 0.25) is 5.02 Å². The molecule has 1 aromatic rings. The maximum absolute atomic E-state index is 13.6. The molecule has 0 bridgehead atoms. The number of piperazine rings is 1. The van der Waals surface area contributed by atoms with Crippen molar-refractivity contribution in [2.45, 2.75) is 6.92 Å². The molecule has 0 atom stereocenters. The molecule has 1 N–H and O–H groups in total. The number of amides is 3. The molecule has 1 fully saturated rings. The summed E-state index contributed by atoms with van der Waals surface area (Å²) in [5.41, 5.74) is 0.0327. The molecule has 1 heterocycles. The van der Waals surface area contributed by atoms with Gasteiger partial charge in [0.25, 0.3) is 0 Å². The number of hydrogen-bond acceptors (Lipinski definition) is 3. The molecule has 22 heavy (non-hydrogen) atoms. The predicted octanol–water partition coefficient (Wildman–Crippen LogP) is 2.79. The second-order valence-electron chi connectivity index (χ2n) is 4.73. The van der Waals surface area contributed by atoms with Gasteiger partial charge in [0.1, 0.15) is 5.82 Å². The summed E-state index contributed by atoms with van der Waals surface area (Å²) in [6, 6.07) is 3.52. The lowest BCUT2D eigenvalue weighted by atomic mass is 10.3. The van der Waals surface area contributed by atoms with Crippen LogP contribution in [0.25, 0.3) is 0 Å². The molecule has 0 aromatic heterocycles. The molecule has 1 aromatic carbocycles. The van der Waals surface area contributed by atoms with Gasteiger partial charge in [0.15, 0.2) is 0 Å². The standard InChI is InChI=1S/C14H17ClFN3O3/c1-2-22-14(21)19-7-5-18(6-8-19)13(20)17-12-9-10(15)3-4-11(12)16/h3-4,9H,2,5-8H2,1H3,(H,17,20). The van der Waals surface area contributed by atoms with Gasteiger partial charge in [-0.15, -0.1) is 0 Å². The van der Waals surface area contributed by atoms with Crippen molar-refractivity contribution in [2.24, 2.45) is 0 Å². The van der Waals surface area contributed by atoms with E-state index in [9.17, 15) is 14.0 Å². The molecule has 6 nitrogen and oxygen atoms in total. The molecule has 0 spiro atoms. The predicted molar refractivity (Wildman–Crippen MR) is 80.6 cm³/mol. The number of rotatable bonds is 2. The van der Waals surface area contributed by atoms with Gasteiger partial charge in [-0.25, -0.2) is 14.0 Å². The Bertz CT molecular complexity index is 562. The zero-order valence-electron chi connectivity index (χ0n) is 12.1. The van der Waals surface area contributed by atoms with Gasteiger partial charge in [-0.3, -0.25) is 0 Å². The highest BCUT2D eigenvalue weighted by atomic mass is 35.5. The SMILES string of the molecule is CCOC(=O)N1CCN(C(=O)Nc2cc(Cl)ccc2F)CC1. The van der Waals surface area contributed by atoms with Crippen LogP contribution in [-0.4, -0.2) is 54.7 Å². The first-order chi connectivity index (χ1) is 10.5. The minimum atomic E-state index is -0.553. The number of carbonyl (C=O) groups excluding carboxylic acids is 2. The van der Waals surface area contributed by atoms with Crippen LogP contribution in [0.1, 0.15) is 6.92 Å². The zero-order valence-corrected chi connectivity index (χ0v) is 12.9. The monoisotopic (exact) mass is 329 g/mol. The molecule has 0 saturated carbocycles. The van der Waals surface area contributed by atoms with E-state index in [-0.39, 0.29) is 11.8 Å². The van der Waals surface area contributed by atoms with Gasteiger partial charge >= 0.3 is 12.1 Å². The molecule has 0 unspecified atom stereocenters. The second kappa shape index (κ2) is 7.31. The van der Waals surface area contributed by atoms with Gasteiger partial charge in [0, 0.05) is 31.2 Å². The Balaban J connectivity index is 1.90. The van der Waals surface area contributed by atoms with Crippen LogP contribution in [0, 0.1) is 5.82 Å². The van der Waals surface area contributed by atoms with Gasteiger partial charge in [0.05, 0.1) is 12.3 Å². The maximum atomic E-state index is 13.6. The van der Waals surface area contributed by atoms with Gasteiger partial charge in [0.2, 0.25) is 0 Å². The number of nitrogens with zero attached hydrogens (tertiary/aromatic N) is 2. The summed E-state index contributed by atoms with van der Waals surface area (Å²) in [4.78, 5) is 26.7. The van der Waals surface area contributed by atoms with Crippen LogP contribution >= 0.6 is 11.6 Å². The van der Waals surface area contributed by atoms with Crippen molar-refractivity contribution in [2.75, 3.05) is 38.1 Å². The number of ether oxygens (including phenoxy) is 1. The second-order valence-corrected chi connectivity index (χ2v) is 5.16. The molecule has 2 rings (SSSR count). The molecule has 0 aliphatic carbocycles. The third-order valence-electron chi connectivity index (χ3n) is 3.26. The molecule has 1 aliphatic rings. The number of hydrogen-bond donors (Lipinski definition) is 1. The first kappa shape index (κ1) is 16.4. The minimum absolute atomic E-state index is 0.0327. The summed E-state index contributed by atoms with van der Waals surface area (Å²) in [7, 11) is 0. The van der Waals surface area contributed by atoms with E-state index in [0.29, 0.717) is 37.8 Å². The number of nitrogens with one attached hydrogen (secondary N) is 1. The number of anilines is 1. The van der Waals surface area contributed by atoms with Crippen molar-refractivity contribution in [3.05, 3.63) is 29.0 Å². The third kappa shape index (κ3) is 4.00. The smallest absolute Gasteiger partial charge is 0.409 e. The average Bonchev–Trinajstić information content (AvgIpc) is 2.51. The van der Waals surface area contributed by atoms with E-state index in [0.717, 1.165) is 0 Å². The molecule has 1 saturated heterocycles. The van der Waals surface area contributed by atoms with Gasteiger partial charge in [-0.2, -0.15) is 0 Å². The largest absolute Gasteiger partial charge is 0.450 e. The highest BCUT2D eigenvalue weighted by Crippen LogP contribution is 2.20. The van der Waals surface area contributed by atoms with Crippen molar-refractivity contribution in [3.63, 3.8) is 0 Å². The maximum Gasteiger partial charge on any atom is 0.409 e. The Kier molecular flexibility index (Phi) is 5.43. The van der Waals surface area contributed by atoms with E-state index in [1.165, 1.54) is 28.0 Å². The molecule has 0 radical (unpaired) electrons. The van der Waals surface area contributed by atoms with Gasteiger partial charge in [-0.05, 0) is 25.1 Å². The summed E-state index contributed by atoms with van der Waals surface area (Å²) in [5.74, 6) is -0.553. The van der Waals surface area contributed by atoms with E-state index in [1.807, 2.05) is 0 Å². The number of carbonyl (C=O) groups is 2. The fourth-order valence-electron chi connectivity index (χ4n) is 2.09. The summed E-state index contributed by atoms with van der Waals surface area (Å²) >= 11 is 5.78. The first-order valence-corrected chi connectivity index (χ1v) is 7.31. The Morgan fingerprint density at radius 2 is 1.91 bits per heavy atom. The van der Waals surface area contributed by atoms with E-state index in [1.54, 1.807) is 6.92 Å². The van der Waals surface area contributed by atoms with Gasteiger partial charge in [-0.1, -0.05) is 11.6 Å². The van der Waals surface area contributed by atoms with Gasteiger partial charge < -0.3 is 19.9 Å². The molecule has 120 valence electrons. The summed E-state index contributed by atoms with van der Waals surface area (Å²) in [5, 5.41) is 2.82. The molecule has 8 heteroatoms. The highest BCUT2D eigenvalue weighted by molar-refractivity contribution is 6.30. The first-order valence-electron chi connectivity index (χ1n) is 6.94. The van der Waals surface area contributed by atoms with Crippen LogP contribution in [0.4, 0.5) is 19.7 Å². The van der Waals surface area contributed by atoms with Crippen molar-refractivity contribution >= 4 is 29.4 Å². The van der Waals surface area contributed by atoms with Crippen molar-refractivity contribution in [1.82, 2.24) is 9.80 Å². The quantitative estimate of drug-likeness (QED) is 0.907. The lowest BCUT2D eigenvalue weighted by Crippen LogP contribution is -2.51. The Morgan fingerprint density at radius 1 is 1.27 bits per heavy atom. The zero-order chi connectivity index (χ0) is 16.1. The van der Waals surface area contributed by atoms with Crippen LogP contribution in [0.15, 0.2) is 18.2 Å². The van der Waals surface area contributed by atoms with E-state index < -0.39 is 11.8 Å². The molecular formula is C14H17ClFN3O3.